The van der Waals surface area contributed by atoms with Crippen LogP contribution in [-0.4, -0.2) is 16.8 Å². The van der Waals surface area contributed by atoms with Crippen molar-refractivity contribution in [3.05, 3.63) is 53.2 Å². The van der Waals surface area contributed by atoms with Gasteiger partial charge in [-0.25, -0.2) is 4.98 Å². The van der Waals surface area contributed by atoms with Crippen molar-refractivity contribution in [2.45, 2.75) is 27.3 Å². The number of rotatable bonds is 5. The number of hydrogen-bond donors (Lipinski definition) is 2. The molecule has 0 radical (unpaired) electrons. The molecule has 0 spiro atoms. The van der Waals surface area contributed by atoms with Crippen LogP contribution in [0.4, 0.5) is 5.69 Å². The number of oxazole rings is 1. The molecular formula is C17H19N3O3. The summed E-state index contributed by atoms with van der Waals surface area (Å²) in [6, 6.07) is 7.18. The normalized spacial score (nSPS) is 10.7. The molecule has 0 saturated heterocycles. The van der Waals surface area contributed by atoms with Crippen LogP contribution in [0, 0.1) is 13.8 Å². The van der Waals surface area contributed by atoms with Crippen molar-refractivity contribution in [3.63, 3.8) is 0 Å². The maximum Gasteiger partial charge on any atom is 0.244 e. The number of nitrogens with zero attached hydrogens (tertiary/aromatic N) is 1. The first-order valence-electron chi connectivity index (χ1n) is 7.20. The number of nitrogens with one attached hydrogen (secondary N) is 2. The second-order valence-corrected chi connectivity index (χ2v) is 5.10. The third-order valence-corrected chi connectivity index (χ3v) is 3.14. The van der Waals surface area contributed by atoms with Crippen molar-refractivity contribution < 1.29 is 14.0 Å². The van der Waals surface area contributed by atoms with E-state index >= 15 is 0 Å². The first-order chi connectivity index (χ1) is 10.9. The molecule has 6 heteroatoms. The van der Waals surface area contributed by atoms with E-state index in [0.717, 1.165) is 17.0 Å². The minimum Gasteiger partial charge on any atom is -0.444 e. The molecule has 0 fully saturated rings. The highest BCUT2D eigenvalue weighted by Gasteiger charge is 2.05. The second kappa shape index (κ2) is 7.40. The Kier molecular flexibility index (Phi) is 5.30. The Labute approximate surface area is 134 Å². The van der Waals surface area contributed by atoms with Gasteiger partial charge in [0.25, 0.3) is 0 Å². The number of carbonyl (C=O) groups is 2. The van der Waals surface area contributed by atoms with Gasteiger partial charge in [-0.3, -0.25) is 9.59 Å². The minimum absolute atomic E-state index is 0.121. The highest BCUT2D eigenvalue weighted by molar-refractivity contribution is 5.92. The summed E-state index contributed by atoms with van der Waals surface area (Å²) < 4.78 is 5.39. The van der Waals surface area contributed by atoms with E-state index in [-0.39, 0.29) is 18.4 Å². The molecule has 0 atom stereocenters. The lowest BCUT2D eigenvalue weighted by Gasteiger charge is -2.02. The molecule has 2 aromatic rings. The minimum atomic E-state index is -0.232. The predicted octanol–water partition coefficient (Wildman–Crippen LogP) is 2.58. The summed E-state index contributed by atoms with van der Waals surface area (Å²) in [4.78, 5) is 26.9. The number of aryl methyl sites for hydroxylation is 2. The van der Waals surface area contributed by atoms with Gasteiger partial charge in [0.15, 0.2) is 0 Å². The van der Waals surface area contributed by atoms with E-state index in [9.17, 15) is 9.59 Å². The summed E-state index contributed by atoms with van der Waals surface area (Å²) >= 11 is 0. The summed E-state index contributed by atoms with van der Waals surface area (Å²) in [5.41, 5.74) is 2.40. The largest absolute Gasteiger partial charge is 0.444 e. The Bertz CT molecular complexity index is 711. The molecule has 1 heterocycles. The molecular weight excluding hydrogens is 294 g/mol. The van der Waals surface area contributed by atoms with E-state index in [2.05, 4.69) is 15.6 Å². The van der Waals surface area contributed by atoms with Gasteiger partial charge < -0.3 is 15.1 Å². The fraction of sp³-hybridized carbons (Fsp3) is 0.235. The van der Waals surface area contributed by atoms with Gasteiger partial charge in [-0.05, 0) is 37.6 Å². The summed E-state index contributed by atoms with van der Waals surface area (Å²) in [5.74, 6) is 0.889. The molecule has 1 aromatic carbocycles. The lowest BCUT2D eigenvalue weighted by atomic mass is 10.2. The van der Waals surface area contributed by atoms with E-state index in [1.165, 1.54) is 13.0 Å². The van der Waals surface area contributed by atoms with Crippen LogP contribution in [0.25, 0.3) is 6.08 Å². The quantitative estimate of drug-likeness (QED) is 0.831. The van der Waals surface area contributed by atoms with Crippen molar-refractivity contribution in [2.24, 2.45) is 0 Å². The first kappa shape index (κ1) is 16.5. The highest BCUT2D eigenvalue weighted by atomic mass is 16.4. The van der Waals surface area contributed by atoms with Gasteiger partial charge in [0.05, 0.1) is 12.2 Å². The van der Waals surface area contributed by atoms with E-state index < -0.39 is 0 Å². The second-order valence-electron chi connectivity index (χ2n) is 5.10. The number of aromatic nitrogens is 1. The standard InChI is InChI=1S/C17H19N3O3/c1-11-12(2)23-17(19-11)10-18-16(22)9-6-14-4-7-15(8-5-14)20-13(3)21/h4-9H,10H2,1-3H3,(H,18,22)(H,20,21)/b9-6+. The molecule has 6 nitrogen and oxygen atoms in total. The predicted molar refractivity (Wildman–Crippen MR) is 87.6 cm³/mol. The smallest absolute Gasteiger partial charge is 0.244 e. The molecule has 2 amide bonds. The molecule has 0 aliphatic rings. The number of amides is 2. The Morgan fingerprint density at radius 3 is 2.48 bits per heavy atom. The van der Waals surface area contributed by atoms with Crippen molar-refractivity contribution in [3.8, 4) is 0 Å². The molecule has 2 N–H and O–H groups in total. The molecule has 1 aromatic heterocycles. The van der Waals surface area contributed by atoms with Gasteiger partial charge in [-0.2, -0.15) is 0 Å². The molecule has 23 heavy (non-hydrogen) atoms. The molecule has 0 bridgehead atoms. The summed E-state index contributed by atoms with van der Waals surface area (Å²) in [5, 5.41) is 5.39. The number of benzene rings is 1. The lowest BCUT2D eigenvalue weighted by Crippen LogP contribution is -2.20. The molecule has 2 rings (SSSR count). The summed E-state index contributed by atoms with van der Waals surface area (Å²) in [7, 11) is 0. The van der Waals surface area contributed by atoms with E-state index in [4.69, 9.17) is 4.42 Å². The maximum atomic E-state index is 11.8. The Morgan fingerprint density at radius 2 is 1.91 bits per heavy atom. The third kappa shape index (κ3) is 5.10. The highest BCUT2D eigenvalue weighted by Crippen LogP contribution is 2.11. The van der Waals surface area contributed by atoms with Crippen molar-refractivity contribution in [2.75, 3.05) is 5.32 Å². The fourth-order valence-corrected chi connectivity index (χ4v) is 1.89. The summed E-state index contributed by atoms with van der Waals surface area (Å²) in [6.07, 6.45) is 3.13. The Hall–Kier alpha value is -2.89. The molecule has 120 valence electrons. The van der Waals surface area contributed by atoms with Crippen molar-refractivity contribution >= 4 is 23.6 Å². The van der Waals surface area contributed by atoms with Gasteiger partial charge in [-0.15, -0.1) is 0 Å². The van der Waals surface area contributed by atoms with Crippen molar-refractivity contribution in [1.29, 1.82) is 0 Å². The van der Waals surface area contributed by atoms with Gasteiger partial charge in [0.2, 0.25) is 17.7 Å². The van der Waals surface area contributed by atoms with Gasteiger partial charge in [0, 0.05) is 18.7 Å². The van der Waals surface area contributed by atoms with Crippen LogP contribution in [0.3, 0.4) is 0 Å². The van der Waals surface area contributed by atoms with E-state index in [1.807, 2.05) is 26.0 Å². The van der Waals surface area contributed by atoms with Crippen LogP contribution < -0.4 is 10.6 Å². The molecule has 0 unspecified atom stereocenters. The summed E-state index contributed by atoms with van der Waals surface area (Å²) in [6.45, 7) is 5.39. The molecule has 0 aliphatic heterocycles. The SMILES string of the molecule is CC(=O)Nc1ccc(/C=C/C(=O)NCc2nc(C)c(C)o2)cc1. The topological polar surface area (TPSA) is 84.2 Å². The van der Waals surface area contributed by atoms with Crippen molar-refractivity contribution in [1.82, 2.24) is 10.3 Å². The van der Waals surface area contributed by atoms with Crippen LogP contribution >= 0.6 is 0 Å². The number of hydrogen-bond acceptors (Lipinski definition) is 4. The average molecular weight is 313 g/mol. The Morgan fingerprint density at radius 1 is 1.22 bits per heavy atom. The van der Waals surface area contributed by atoms with Crippen LogP contribution in [-0.2, 0) is 16.1 Å². The van der Waals surface area contributed by atoms with Crippen LogP contribution in [0.5, 0.6) is 0 Å². The monoisotopic (exact) mass is 313 g/mol. The van der Waals surface area contributed by atoms with Crippen LogP contribution in [0.1, 0.15) is 29.8 Å². The van der Waals surface area contributed by atoms with Gasteiger partial charge in [-0.1, -0.05) is 12.1 Å². The Balaban J connectivity index is 1.86. The zero-order valence-electron chi connectivity index (χ0n) is 13.3. The average Bonchev–Trinajstić information content (AvgIpc) is 2.82. The maximum absolute atomic E-state index is 11.8. The fourth-order valence-electron chi connectivity index (χ4n) is 1.89. The third-order valence-electron chi connectivity index (χ3n) is 3.14. The first-order valence-corrected chi connectivity index (χ1v) is 7.20. The molecule has 0 aliphatic carbocycles. The zero-order chi connectivity index (χ0) is 16.8. The van der Waals surface area contributed by atoms with Crippen LogP contribution in [0.2, 0.25) is 0 Å². The van der Waals surface area contributed by atoms with E-state index in [0.29, 0.717) is 11.6 Å². The zero-order valence-corrected chi connectivity index (χ0v) is 13.3. The lowest BCUT2D eigenvalue weighted by molar-refractivity contribution is -0.116. The van der Waals surface area contributed by atoms with E-state index in [1.54, 1.807) is 18.2 Å². The van der Waals surface area contributed by atoms with Crippen LogP contribution in [0.15, 0.2) is 34.8 Å². The molecule has 0 saturated carbocycles. The van der Waals surface area contributed by atoms with Gasteiger partial charge >= 0.3 is 0 Å². The number of carbonyl (C=O) groups excluding carboxylic acids is 2. The van der Waals surface area contributed by atoms with Gasteiger partial charge in [0.1, 0.15) is 5.76 Å². The number of anilines is 1.